The smallest absolute Gasteiger partial charge is 0.131 e. The van der Waals surface area contributed by atoms with Crippen molar-refractivity contribution in [3.05, 3.63) is 94.8 Å². The molecule has 1 aromatic heterocycles. The topological polar surface area (TPSA) is 34.6 Å². The summed E-state index contributed by atoms with van der Waals surface area (Å²) in [6.07, 6.45) is 7.70. The maximum Gasteiger partial charge on any atom is 0.131 e. The summed E-state index contributed by atoms with van der Waals surface area (Å²) in [5, 5.41) is 0. The van der Waals surface area contributed by atoms with Crippen molar-refractivity contribution in [2.24, 2.45) is 0 Å². The first-order chi connectivity index (χ1) is 16.8. The highest BCUT2D eigenvalue weighted by Crippen LogP contribution is 2.53. The number of methoxy groups -OCH3 is 1. The number of thioether (sulfide) groups is 1. The number of pyridine rings is 1. The molecule has 174 valence electrons. The first-order valence-electron chi connectivity index (χ1n) is 12.2. The number of hydrogen-bond donors (Lipinski definition) is 0. The van der Waals surface area contributed by atoms with Crippen molar-refractivity contribution < 1.29 is 9.47 Å². The largest absolute Gasteiger partial charge is 0.497 e. The lowest BCUT2D eigenvalue weighted by Crippen LogP contribution is -2.40. The molecule has 0 unspecified atom stereocenters. The average molecular weight is 471 g/mol. The van der Waals surface area contributed by atoms with Gasteiger partial charge >= 0.3 is 0 Å². The third-order valence-corrected chi connectivity index (χ3v) is 9.13. The monoisotopic (exact) mass is 470 g/mol. The predicted octanol–water partition coefficient (Wildman–Crippen LogP) is 6.04. The van der Waals surface area contributed by atoms with Gasteiger partial charge in [0, 0.05) is 34.4 Å². The quantitative estimate of drug-likeness (QED) is 0.464. The lowest BCUT2D eigenvalue weighted by Gasteiger charge is -2.39. The normalized spacial score (nSPS) is 19.7. The fourth-order valence-corrected chi connectivity index (χ4v) is 7.12. The zero-order valence-corrected chi connectivity index (χ0v) is 20.4. The Hall–Kier alpha value is -2.76. The van der Waals surface area contributed by atoms with Gasteiger partial charge in [0.1, 0.15) is 18.1 Å². The lowest BCUT2D eigenvalue weighted by atomic mass is 9.86. The van der Waals surface area contributed by atoms with Crippen LogP contribution in [0.3, 0.4) is 0 Å². The van der Waals surface area contributed by atoms with Crippen molar-refractivity contribution in [2.45, 2.75) is 36.4 Å². The highest BCUT2D eigenvalue weighted by molar-refractivity contribution is 7.99. The number of ether oxygens (including phenoxy) is 2. The molecule has 0 radical (unpaired) electrons. The highest BCUT2D eigenvalue weighted by atomic mass is 32.2. The van der Waals surface area contributed by atoms with Crippen LogP contribution in [-0.2, 0) is 17.1 Å². The molecule has 1 saturated heterocycles. The van der Waals surface area contributed by atoms with Gasteiger partial charge in [-0.15, -0.1) is 11.8 Å². The summed E-state index contributed by atoms with van der Waals surface area (Å²) in [6.45, 7) is 3.88. The van der Waals surface area contributed by atoms with Crippen molar-refractivity contribution in [3.8, 4) is 11.5 Å². The molecule has 34 heavy (non-hydrogen) atoms. The molecule has 4 nitrogen and oxygen atoms in total. The zero-order valence-electron chi connectivity index (χ0n) is 19.6. The van der Waals surface area contributed by atoms with Crippen LogP contribution in [0.1, 0.15) is 47.2 Å². The summed E-state index contributed by atoms with van der Waals surface area (Å²) < 4.78 is 12.0. The second kappa shape index (κ2) is 9.12. The van der Waals surface area contributed by atoms with E-state index in [-0.39, 0.29) is 0 Å². The van der Waals surface area contributed by atoms with E-state index in [1.54, 1.807) is 18.2 Å². The molecule has 6 rings (SSSR count). The molecule has 0 amide bonds. The van der Waals surface area contributed by atoms with Gasteiger partial charge < -0.3 is 14.4 Å². The minimum absolute atomic E-state index is 0.338. The Morgan fingerprint density at radius 3 is 2.85 bits per heavy atom. The standard InChI is InChI=1S/C29H30N2O2S/c1-32-22-10-11-28-25(18-22)23(24-7-4-14-30-27(24)19-33-28)8-5-15-31-16-12-29(13-17-31)26-9-3-2-6-21(26)20-34-29/h2-4,6-11,14,18H,5,12-13,15-17,19-20H2,1H3. The molecule has 0 saturated carbocycles. The minimum atomic E-state index is 0.338. The van der Waals surface area contributed by atoms with Gasteiger partial charge in [-0.3, -0.25) is 4.98 Å². The molecule has 0 atom stereocenters. The van der Waals surface area contributed by atoms with Crippen LogP contribution < -0.4 is 9.47 Å². The molecule has 3 aromatic rings. The maximum atomic E-state index is 6.11. The highest BCUT2D eigenvalue weighted by Gasteiger charge is 2.41. The van der Waals surface area contributed by atoms with E-state index in [4.69, 9.17) is 9.47 Å². The van der Waals surface area contributed by atoms with Gasteiger partial charge in [-0.25, -0.2) is 0 Å². The molecule has 3 aliphatic heterocycles. The number of fused-ring (bicyclic) bond motifs is 4. The van der Waals surface area contributed by atoms with E-state index < -0.39 is 0 Å². The fraction of sp³-hybridized carbons (Fsp3) is 0.345. The molecular weight excluding hydrogens is 440 g/mol. The summed E-state index contributed by atoms with van der Waals surface area (Å²) >= 11 is 2.16. The Balaban J connectivity index is 1.20. The average Bonchev–Trinajstić information content (AvgIpc) is 3.16. The molecule has 0 bridgehead atoms. The molecular formula is C29H30N2O2S. The molecule has 3 aliphatic rings. The van der Waals surface area contributed by atoms with Crippen LogP contribution in [0.5, 0.6) is 11.5 Å². The first-order valence-corrected chi connectivity index (χ1v) is 13.1. The van der Waals surface area contributed by atoms with Gasteiger partial charge in [0.05, 0.1) is 12.8 Å². The van der Waals surface area contributed by atoms with Gasteiger partial charge in [0.15, 0.2) is 0 Å². The molecule has 1 fully saturated rings. The van der Waals surface area contributed by atoms with Crippen LogP contribution in [0, 0.1) is 0 Å². The number of nitrogens with zero attached hydrogens (tertiary/aromatic N) is 2. The zero-order chi connectivity index (χ0) is 23.0. The molecule has 0 aliphatic carbocycles. The number of rotatable bonds is 4. The molecule has 2 aromatic carbocycles. The summed E-state index contributed by atoms with van der Waals surface area (Å²) in [5.74, 6) is 2.90. The van der Waals surface area contributed by atoms with Gasteiger partial charge in [-0.05, 0) is 73.3 Å². The van der Waals surface area contributed by atoms with Crippen LogP contribution in [0.15, 0.2) is 66.9 Å². The van der Waals surface area contributed by atoms with Crippen LogP contribution in [-0.4, -0.2) is 36.6 Å². The minimum Gasteiger partial charge on any atom is -0.497 e. The predicted molar refractivity (Wildman–Crippen MR) is 138 cm³/mol. The molecule has 1 spiro atoms. The van der Waals surface area contributed by atoms with E-state index in [9.17, 15) is 0 Å². The summed E-state index contributed by atoms with van der Waals surface area (Å²) in [5.41, 5.74) is 7.57. The Labute approximate surface area is 206 Å². The van der Waals surface area contributed by atoms with Crippen LogP contribution in [0.4, 0.5) is 0 Å². The van der Waals surface area contributed by atoms with E-state index >= 15 is 0 Å². The van der Waals surface area contributed by atoms with Crippen LogP contribution in [0.25, 0.3) is 5.57 Å². The van der Waals surface area contributed by atoms with Crippen molar-refractivity contribution in [2.75, 3.05) is 26.7 Å². The van der Waals surface area contributed by atoms with Gasteiger partial charge in [-0.1, -0.05) is 36.4 Å². The fourth-order valence-electron chi connectivity index (χ4n) is 5.61. The Kier molecular flexibility index (Phi) is 5.84. The number of aromatic nitrogens is 1. The third kappa shape index (κ3) is 3.91. The van der Waals surface area contributed by atoms with Gasteiger partial charge in [0.25, 0.3) is 0 Å². The molecule has 5 heteroatoms. The van der Waals surface area contributed by atoms with Crippen LogP contribution >= 0.6 is 11.8 Å². The van der Waals surface area contributed by atoms with Crippen molar-refractivity contribution >= 4 is 17.3 Å². The second-order valence-corrected chi connectivity index (χ2v) is 10.7. The summed E-state index contributed by atoms with van der Waals surface area (Å²) in [6, 6.07) is 19.3. The Morgan fingerprint density at radius 2 is 1.97 bits per heavy atom. The lowest BCUT2D eigenvalue weighted by molar-refractivity contribution is 0.204. The number of hydrogen-bond acceptors (Lipinski definition) is 5. The number of benzene rings is 2. The van der Waals surface area contributed by atoms with E-state index in [1.165, 1.54) is 24.2 Å². The van der Waals surface area contributed by atoms with E-state index in [0.29, 0.717) is 11.4 Å². The van der Waals surface area contributed by atoms with Gasteiger partial charge in [0.2, 0.25) is 0 Å². The molecule has 0 N–H and O–H groups in total. The summed E-state index contributed by atoms with van der Waals surface area (Å²) in [4.78, 5) is 7.23. The van der Waals surface area contributed by atoms with Crippen molar-refractivity contribution in [1.29, 1.82) is 0 Å². The Morgan fingerprint density at radius 1 is 1.09 bits per heavy atom. The van der Waals surface area contributed by atoms with E-state index in [0.717, 1.165) is 54.4 Å². The first kappa shape index (κ1) is 21.8. The van der Waals surface area contributed by atoms with Crippen molar-refractivity contribution in [1.82, 2.24) is 9.88 Å². The third-order valence-electron chi connectivity index (χ3n) is 7.49. The van der Waals surface area contributed by atoms with Gasteiger partial charge in [-0.2, -0.15) is 0 Å². The molecule has 4 heterocycles. The number of likely N-dealkylation sites (tertiary alicyclic amines) is 1. The number of piperidine rings is 1. The van der Waals surface area contributed by atoms with Crippen molar-refractivity contribution in [3.63, 3.8) is 0 Å². The second-order valence-electron chi connectivity index (χ2n) is 9.34. The van der Waals surface area contributed by atoms with E-state index in [1.807, 2.05) is 24.4 Å². The maximum absolute atomic E-state index is 6.11. The SMILES string of the molecule is COc1ccc2c(c1)C(=CCCN1CCC3(CC1)SCc1ccccc13)c1cccnc1CO2. The van der Waals surface area contributed by atoms with Crippen LogP contribution in [0.2, 0.25) is 0 Å². The van der Waals surface area contributed by atoms with E-state index in [2.05, 4.69) is 64.1 Å². The Bertz CT molecular complexity index is 1230. The summed E-state index contributed by atoms with van der Waals surface area (Å²) in [7, 11) is 1.71.